The zero-order valence-electron chi connectivity index (χ0n) is 13.2. The SMILES string of the molecule is CC(C)CC(CNC(=O)C1CC1c1cccc(F)c1F)C(=O)O. The van der Waals surface area contributed by atoms with Crippen LogP contribution in [0, 0.1) is 29.4 Å². The summed E-state index contributed by atoms with van der Waals surface area (Å²) in [7, 11) is 0. The summed E-state index contributed by atoms with van der Waals surface area (Å²) in [6.45, 7) is 3.89. The molecule has 1 aliphatic carbocycles. The molecule has 0 heterocycles. The zero-order chi connectivity index (χ0) is 17.1. The van der Waals surface area contributed by atoms with E-state index in [-0.39, 0.29) is 29.9 Å². The van der Waals surface area contributed by atoms with Crippen LogP contribution in [0.3, 0.4) is 0 Å². The van der Waals surface area contributed by atoms with E-state index in [0.29, 0.717) is 12.8 Å². The number of hydrogen-bond acceptors (Lipinski definition) is 2. The Bertz CT molecular complexity index is 604. The summed E-state index contributed by atoms with van der Waals surface area (Å²) in [5, 5.41) is 11.8. The van der Waals surface area contributed by atoms with Crippen LogP contribution in [0.1, 0.15) is 38.2 Å². The second-order valence-corrected chi connectivity index (χ2v) is 6.50. The van der Waals surface area contributed by atoms with Crippen molar-refractivity contribution in [3.05, 3.63) is 35.4 Å². The monoisotopic (exact) mass is 325 g/mol. The van der Waals surface area contributed by atoms with Crippen molar-refractivity contribution in [2.75, 3.05) is 6.54 Å². The van der Waals surface area contributed by atoms with Gasteiger partial charge in [-0.1, -0.05) is 26.0 Å². The number of rotatable bonds is 7. The van der Waals surface area contributed by atoms with Crippen LogP contribution in [0.2, 0.25) is 0 Å². The predicted molar refractivity (Wildman–Crippen MR) is 80.8 cm³/mol. The van der Waals surface area contributed by atoms with Crippen LogP contribution in [-0.4, -0.2) is 23.5 Å². The molecule has 0 aliphatic heterocycles. The molecule has 0 aromatic heterocycles. The van der Waals surface area contributed by atoms with Gasteiger partial charge < -0.3 is 10.4 Å². The third kappa shape index (κ3) is 4.27. The Hall–Kier alpha value is -1.98. The molecule has 4 nitrogen and oxygen atoms in total. The van der Waals surface area contributed by atoms with Crippen molar-refractivity contribution >= 4 is 11.9 Å². The molecule has 6 heteroatoms. The average molecular weight is 325 g/mol. The Morgan fingerprint density at radius 1 is 1.35 bits per heavy atom. The molecular formula is C17H21F2NO3. The summed E-state index contributed by atoms with van der Waals surface area (Å²) in [5.41, 5.74) is 0.210. The maximum absolute atomic E-state index is 13.7. The van der Waals surface area contributed by atoms with Crippen LogP contribution in [0.4, 0.5) is 8.78 Å². The number of benzene rings is 1. The lowest BCUT2D eigenvalue weighted by atomic mass is 9.97. The van der Waals surface area contributed by atoms with Crippen molar-refractivity contribution in [1.82, 2.24) is 5.32 Å². The minimum atomic E-state index is -0.942. The fraction of sp³-hybridized carbons (Fsp3) is 0.529. The molecule has 2 rings (SSSR count). The summed E-state index contributed by atoms with van der Waals surface area (Å²) >= 11 is 0. The molecule has 126 valence electrons. The van der Waals surface area contributed by atoms with Crippen molar-refractivity contribution in [3.63, 3.8) is 0 Å². The van der Waals surface area contributed by atoms with Crippen LogP contribution in [0.25, 0.3) is 0 Å². The maximum atomic E-state index is 13.7. The number of amides is 1. The van der Waals surface area contributed by atoms with E-state index in [0.717, 1.165) is 6.07 Å². The minimum Gasteiger partial charge on any atom is -0.481 e. The normalized spacial score (nSPS) is 21.1. The van der Waals surface area contributed by atoms with Crippen LogP contribution in [-0.2, 0) is 9.59 Å². The standard InChI is InChI=1S/C17H21F2NO3/c1-9(2)6-10(17(22)23)8-20-16(21)13-7-12(13)11-4-3-5-14(18)15(11)19/h3-5,9-10,12-13H,6-8H2,1-2H3,(H,20,21)(H,22,23). The molecule has 0 spiro atoms. The molecule has 0 bridgehead atoms. The van der Waals surface area contributed by atoms with E-state index in [1.807, 2.05) is 13.8 Å². The molecule has 23 heavy (non-hydrogen) atoms. The molecule has 3 unspecified atom stereocenters. The van der Waals surface area contributed by atoms with E-state index in [9.17, 15) is 18.4 Å². The van der Waals surface area contributed by atoms with Crippen LogP contribution in [0.5, 0.6) is 0 Å². The van der Waals surface area contributed by atoms with Gasteiger partial charge in [0, 0.05) is 12.5 Å². The summed E-state index contributed by atoms with van der Waals surface area (Å²) in [6.07, 6.45) is 0.927. The molecule has 1 aromatic carbocycles. The number of aliphatic carboxylic acids is 1. The Labute approximate surface area is 133 Å². The first-order valence-corrected chi connectivity index (χ1v) is 7.75. The van der Waals surface area contributed by atoms with Crippen molar-refractivity contribution in [1.29, 1.82) is 0 Å². The van der Waals surface area contributed by atoms with Gasteiger partial charge in [-0.3, -0.25) is 9.59 Å². The van der Waals surface area contributed by atoms with Crippen molar-refractivity contribution in [2.45, 2.75) is 32.6 Å². The molecule has 1 aliphatic rings. The molecule has 0 radical (unpaired) electrons. The van der Waals surface area contributed by atoms with Gasteiger partial charge in [0.05, 0.1) is 5.92 Å². The van der Waals surface area contributed by atoms with E-state index >= 15 is 0 Å². The minimum absolute atomic E-state index is 0.0567. The predicted octanol–water partition coefficient (Wildman–Crippen LogP) is 2.93. The van der Waals surface area contributed by atoms with E-state index in [2.05, 4.69) is 5.32 Å². The second-order valence-electron chi connectivity index (χ2n) is 6.50. The topological polar surface area (TPSA) is 66.4 Å². The lowest BCUT2D eigenvalue weighted by Gasteiger charge is -2.15. The molecule has 1 aromatic rings. The van der Waals surface area contributed by atoms with E-state index in [1.54, 1.807) is 0 Å². The first-order valence-electron chi connectivity index (χ1n) is 7.75. The summed E-state index contributed by atoms with van der Waals surface area (Å²) in [6, 6.07) is 3.94. The van der Waals surface area contributed by atoms with Gasteiger partial charge in [0.25, 0.3) is 0 Å². The third-order valence-corrected chi connectivity index (χ3v) is 4.14. The Kier molecular flexibility index (Phi) is 5.34. The highest BCUT2D eigenvalue weighted by atomic mass is 19.2. The van der Waals surface area contributed by atoms with Crippen LogP contribution >= 0.6 is 0 Å². The van der Waals surface area contributed by atoms with Crippen molar-refractivity contribution < 1.29 is 23.5 Å². The van der Waals surface area contributed by atoms with E-state index in [1.165, 1.54) is 12.1 Å². The first-order chi connectivity index (χ1) is 10.8. The molecule has 1 amide bonds. The molecular weight excluding hydrogens is 304 g/mol. The van der Waals surface area contributed by atoms with Crippen molar-refractivity contribution in [3.8, 4) is 0 Å². The first kappa shape index (κ1) is 17.4. The summed E-state index contributed by atoms with van der Waals surface area (Å²) in [5.74, 6) is -4.24. The number of carbonyl (C=O) groups excluding carboxylic acids is 1. The summed E-state index contributed by atoms with van der Waals surface area (Å²) < 4.78 is 26.9. The molecule has 1 saturated carbocycles. The average Bonchev–Trinajstić information content (AvgIpc) is 3.25. The Morgan fingerprint density at radius 2 is 2.04 bits per heavy atom. The highest BCUT2D eigenvalue weighted by Crippen LogP contribution is 2.48. The highest BCUT2D eigenvalue weighted by Gasteiger charge is 2.45. The maximum Gasteiger partial charge on any atom is 0.308 e. The lowest BCUT2D eigenvalue weighted by molar-refractivity contribution is -0.142. The number of carboxylic acid groups (broad SMARTS) is 1. The lowest BCUT2D eigenvalue weighted by Crippen LogP contribution is -2.34. The quantitative estimate of drug-likeness (QED) is 0.810. The second kappa shape index (κ2) is 7.06. The summed E-state index contributed by atoms with van der Waals surface area (Å²) in [4.78, 5) is 23.2. The number of carbonyl (C=O) groups is 2. The van der Waals surface area contributed by atoms with Gasteiger partial charge in [0.15, 0.2) is 11.6 Å². The fourth-order valence-corrected chi connectivity index (χ4v) is 2.83. The van der Waals surface area contributed by atoms with E-state index < -0.39 is 29.4 Å². The number of nitrogens with one attached hydrogen (secondary N) is 1. The fourth-order valence-electron chi connectivity index (χ4n) is 2.83. The number of halogens is 2. The van der Waals surface area contributed by atoms with Crippen molar-refractivity contribution in [2.24, 2.45) is 17.8 Å². The molecule has 0 saturated heterocycles. The largest absolute Gasteiger partial charge is 0.481 e. The van der Waals surface area contributed by atoms with Gasteiger partial charge in [0.1, 0.15) is 0 Å². The Balaban J connectivity index is 1.91. The highest BCUT2D eigenvalue weighted by molar-refractivity contribution is 5.83. The molecule has 1 fully saturated rings. The van der Waals surface area contributed by atoms with Gasteiger partial charge in [-0.25, -0.2) is 8.78 Å². The van der Waals surface area contributed by atoms with Gasteiger partial charge in [0.2, 0.25) is 5.91 Å². The third-order valence-electron chi connectivity index (χ3n) is 4.14. The van der Waals surface area contributed by atoms with Gasteiger partial charge >= 0.3 is 5.97 Å². The molecule has 3 atom stereocenters. The number of carboxylic acids is 1. The van der Waals surface area contributed by atoms with E-state index in [4.69, 9.17) is 5.11 Å². The molecule has 2 N–H and O–H groups in total. The smallest absolute Gasteiger partial charge is 0.308 e. The van der Waals surface area contributed by atoms with Crippen LogP contribution in [0.15, 0.2) is 18.2 Å². The Morgan fingerprint density at radius 3 is 2.65 bits per heavy atom. The zero-order valence-corrected chi connectivity index (χ0v) is 13.2. The van der Waals surface area contributed by atoms with Gasteiger partial charge in [-0.05, 0) is 36.3 Å². The van der Waals surface area contributed by atoms with Crippen LogP contribution < -0.4 is 5.32 Å². The number of hydrogen-bond donors (Lipinski definition) is 2. The van der Waals surface area contributed by atoms with Gasteiger partial charge in [-0.2, -0.15) is 0 Å². The van der Waals surface area contributed by atoms with Gasteiger partial charge in [-0.15, -0.1) is 0 Å².